The van der Waals surface area contributed by atoms with Gasteiger partial charge in [-0.25, -0.2) is 0 Å². The van der Waals surface area contributed by atoms with Crippen LogP contribution in [-0.2, 0) is 3.84 Å². The smallest absolute Gasteiger partial charge is 0.0832 e. The molecule has 0 bridgehead atoms. The molecule has 3 nitrogen and oxygen atoms in total. The Morgan fingerprint density at radius 3 is 1.20 bits per heavy atom. The summed E-state index contributed by atoms with van der Waals surface area (Å²) in [7, 11) is 0. The SMILES string of the molecule is ClOCl.OO. The molecule has 2 N–H and O–H groups in total. The maximum Gasteiger partial charge on any atom is 0.0832 e. The van der Waals surface area contributed by atoms with E-state index in [0.717, 1.165) is 0 Å². The molecule has 0 heterocycles. The lowest BCUT2D eigenvalue weighted by molar-refractivity contribution is -0.176. The highest BCUT2D eigenvalue weighted by molar-refractivity contribution is 6.24. The largest absolute Gasteiger partial charge is 0.255 e. The predicted octanol–water partition coefficient (Wildman–Crippen LogP) is 1.33. The first kappa shape index (κ1) is 9.07. The summed E-state index contributed by atoms with van der Waals surface area (Å²) in [5, 5.41) is 12.0. The maximum atomic E-state index is 6.00. The molecular weight excluding hydrogens is 119 g/mol. The van der Waals surface area contributed by atoms with Crippen molar-refractivity contribution >= 4 is 23.7 Å². The van der Waals surface area contributed by atoms with Crippen LogP contribution in [0.3, 0.4) is 0 Å². The minimum absolute atomic E-state index is 3.19. The van der Waals surface area contributed by atoms with E-state index in [4.69, 9.17) is 10.5 Å². The molecule has 0 saturated heterocycles. The van der Waals surface area contributed by atoms with Crippen molar-refractivity contribution in [2.24, 2.45) is 0 Å². The van der Waals surface area contributed by atoms with Gasteiger partial charge in [0.15, 0.2) is 0 Å². The Balaban J connectivity index is 0. The molecule has 5 heavy (non-hydrogen) atoms. The first-order valence-corrected chi connectivity index (χ1v) is 1.13. The molecule has 0 atom stereocenters. The highest BCUT2D eigenvalue weighted by atomic mass is 35.6. The fourth-order valence-corrected chi connectivity index (χ4v) is 0. The zero-order valence-electron chi connectivity index (χ0n) is 2.06. The van der Waals surface area contributed by atoms with E-state index in [0.29, 0.717) is 0 Å². The third-order valence-electron chi connectivity index (χ3n) is 0. The summed E-state index contributed by atoms with van der Waals surface area (Å²) in [6, 6.07) is 0. The van der Waals surface area contributed by atoms with Crippen molar-refractivity contribution in [1.82, 2.24) is 0 Å². The number of hydrogen-bond donors (Lipinski definition) is 2. The minimum atomic E-state index is 3.19. The lowest BCUT2D eigenvalue weighted by Gasteiger charge is -1.46. The lowest BCUT2D eigenvalue weighted by Crippen LogP contribution is -1.29. The highest BCUT2D eigenvalue weighted by Crippen LogP contribution is 1.78. The summed E-state index contributed by atoms with van der Waals surface area (Å²) in [6.07, 6.45) is 0. The monoisotopic (exact) mass is 120 g/mol. The van der Waals surface area contributed by atoms with Gasteiger partial charge in [0.05, 0.1) is 23.7 Å². The first-order chi connectivity index (χ1) is 2.41. The molecular formula is H2Cl2O3. The van der Waals surface area contributed by atoms with Gasteiger partial charge in [-0.1, -0.05) is 0 Å². The van der Waals surface area contributed by atoms with Gasteiger partial charge in [-0.05, 0) is 0 Å². The molecule has 5 heteroatoms. The quantitative estimate of drug-likeness (QED) is 0.375. The van der Waals surface area contributed by atoms with Gasteiger partial charge in [-0.3, -0.25) is 10.5 Å². The summed E-state index contributed by atoms with van der Waals surface area (Å²) < 4.78 is 3.19. The second-order valence-electron chi connectivity index (χ2n) is 0.0583. The first-order valence-electron chi connectivity index (χ1n) is 0.509. The Morgan fingerprint density at radius 1 is 1.20 bits per heavy atom. The van der Waals surface area contributed by atoms with Gasteiger partial charge >= 0.3 is 0 Å². The van der Waals surface area contributed by atoms with Crippen molar-refractivity contribution in [2.45, 2.75) is 0 Å². The van der Waals surface area contributed by atoms with Crippen LogP contribution in [0.1, 0.15) is 0 Å². The molecule has 0 aliphatic rings. The summed E-state index contributed by atoms with van der Waals surface area (Å²) in [5.74, 6) is 0. The van der Waals surface area contributed by atoms with Gasteiger partial charge in [0, 0.05) is 0 Å². The van der Waals surface area contributed by atoms with Crippen LogP contribution >= 0.6 is 23.7 Å². The molecule has 0 amide bonds. The number of rotatable bonds is 0. The van der Waals surface area contributed by atoms with Crippen LogP contribution in [0.25, 0.3) is 0 Å². The predicted molar refractivity (Wildman–Crippen MR) is 18.0 cm³/mol. The topological polar surface area (TPSA) is 49.7 Å². The normalized spacial score (nSPS) is 4.80. The lowest BCUT2D eigenvalue weighted by atomic mass is 15.0. The molecule has 0 fully saturated rings. The molecule has 0 saturated carbocycles. The summed E-state index contributed by atoms with van der Waals surface area (Å²) in [4.78, 5) is 0. The average Bonchev–Trinajstić information content (AvgIpc) is 1.46. The fourth-order valence-electron chi connectivity index (χ4n) is 0. The van der Waals surface area contributed by atoms with Crippen molar-refractivity contribution in [1.29, 1.82) is 0 Å². The van der Waals surface area contributed by atoms with Crippen molar-refractivity contribution in [3.8, 4) is 0 Å². The maximum absolute atomic E-state index is 6.00. The van der Waals surface area contributed by atoms with Crippen molar-refractivity contribution in [3.05, 3.63) is 0 Å². The Morgan fingerprint density at radius 2 is 1.20 bits per heavy atom. The van der Waals surface area contributed by atoms with E-state index in [9.17, 15) is 0 Å². The van der Waals surface area contributed by atoms with Gasteiger partial charge in [0.2, 0.25) is 0 Å². The van der Waals surface area contributed by atoms with Gasteiger partial charge in [0.1, 0.15) is 0 Å². The summed E-state index contributed by atoms with van der Waals surface area (Å²) in [6.45, 7) is 0. The standard InChI is InChI=1S/Cl2O.H2O2/c1-3-2;1-2/h;1-2H. The summed E-state index contributed by atoms with van der Waals surface area (Å²) >= 11 is 8.53. The molecule has 0 aliphatic carbocycles. The van der Waals surface area contributed by atoms with Crippen molar-refractivity contribution < 1.29 is 14.4 Å². The minimum Gasteiger partial charge on any atom is -0.255 e. The number of hydrogen-bond acceptors (Lipinski definition) is 3. The van der Waals surface area contributed by atoms with E-state index in [-0.39, 0.29) is 0 Å². The molecule has 0 unspecified atom stereocenters. The van der Waals surface area contributed by atoms with Crippen LogP contribution in [0.4, 0.5) is 0 Å². The van der Waals surface area contributed by atoms with E-state index < -0.39 is 0 Å². The number of halogens is 2. The van der Waals surface area contributed by atoms with Crippen LogP contribution in [0.5, 0.6) is 0 Å². The van der Waals surface area contributed by atoms with Crippen molar-refractivity contribution in [2.75, 3.05) is 0 Å². The van der Waals surface area contributed by atoms with Crippen LogP contribution in [0, 0.1) is 0 Å². The third-order valence-corrected chi connectivity index (χ3v) is 0. The Hall–Kier alpha value is 0.460. The van der Waals surface area contributed by atoms with Gasteiger partial charge < -0.3 is 0 Å². The second-order valence-corrected chi connectivity index (χ2v) is 0.525. The van der Waals surface area contributed by atoms with Gasteiger partial charge in [-0.15, -0.1) is 0 Å². The van der Waals surface area contributed by atoms with Gasteiger partial charge in [0.25, 0.3) is 0 Å². The summed E-state index contributed by atoms with van der Waals surface area (Å²) in [5.41, 5.74) is 0. The molecule has 0 aromatic rings. The van der Waals surface area contributed by atoms with Crippen LogP contribution in [0.2, 0.25) is 0 Å². The molecule has 0 spiro atoms. The fraction of sp³-hybridized carbons (Fsp3) is 0. The van der Waals surface area contributed by atoms with E-state index in [1.807, 2.05) is 0 Å². The molecule has 0 aromatic heterocycles. The molecule has 0 aromatic carbocycles. The molecule has 0 radical (unpaired) electrons. The van der Waals surface area contributed by atoms with Crippen molar-refractivity contribution in [3.63, 3.8) is 0 Å². The zero-order valence-corrected chi connectivity index (χ0v) is 3.57. The molecule has 0 aliphatic heterocycles. The highest BCUT2D eigenvalue weighted by Gasteiger charge is 1.38. The van der Waals surface area contributed by atoms with Crippen LogP contribution in [0.15, 0.2) is 0 Å². The second kappa shape index (κ2) is 25.0. The van der Waals surface area contributed by atoms with Crippen LogP contribution < -0.4 is 0 Å². The average molecular weight is 121 g/mol. The molecule has 34 valence electrons. The third kappa shape index (κ3) is 128. The Bertz CT molecular complexity index is 4.85. The Labute approximate surface area is 39.0 Å². The Kier molecular flexibility index (Phi) is 45.4. The zero-order chi connectivity index (χ0) is 4.71. The van der Waals surface area contributed by atoms with E-state index in [2.05, 4.69) is 27.6 Å². The van der Waals surface area contributed by atoms with Crippen LogP contribution in [-0.4, -0.2) is 10.5 Å². The van der Waals surface area contributed by atoms with E-state index >= 15 is 0 Å². The molecule has 0 rings (SSSR count). The van der Waals surface area contributed by atoms with Gasteiger partial charge in [-0.2, -0.15) is 3.84 Å². The van der Waals surface area contributed by atoms with E-state index in [1.165, 1.54) is 0 Å². The van der Waals surface area contributed by atoms with E-state index in [1.54, 1.807) is 0 Å².